The molecule has 0 fully saturated rings. The number of hydrogen-bond acceptors (Lipinski definition) is 5. The van der Waals surface area contributed by atoms with Crippen LogP contribution in [0.3, 0.4) is 0 Å². The van der Waals surface area contributed by atoms with Crippen LogP contribution in [-0.4, -0.2) is 16.4 Å². The molecule has 0 aliphatic heterocycles. The van der Waals surface area contributed by atoms with E-state index in [0.717, 1.165) is 6.08 Å². The highest BCUT2D eigenvalue weighted by molar-refractivity contribution is 6.32. The second-order valence-electron chi connectivity index (χ2n) is 2.65. The van der Waals surface area contributed by atoms with Crippen molar-refractivity contribution in [3.8, 4) is 0 Å². The van der Waals surface area contributed by atoms with Crippen molar-refractivity contribution in [2.24, 2.45) is 0 Å². The highest BCUT2D eigenvalue weighted by Crippen LogP contribution is 2.22. The van der Waals surface area contributed by atoms with E-state index in [9.17, 15) is 9.90 Å². The number of anilines is 1. The molecule has 2 N–H and O–H groups in total. The van der Waals surface area contributed by atoms with Crippen LogP contribution in [-0.2, 0) is 4.79 Å². The van der Waals surface area contributed by atoms with E-state index in [1.807, 2.05) is 0 Å². The fourth-order valence-electron chi connectivity index (χ4n) is 0.941. The van der Waals surface area contributed by atoms with E-state index in [4.69, 9.17) is 22.0 Å². The molecule has 5 nitrogen and oxygen atoms in total. The standard InChI is InChI=1S/C9H8ClNO4/c10-8-3-2-7(11(14)15)5-6(8)1-4-9(12)13/h1-5,14-15H,(H,12,13)/p-1. The number of aliphatic carboxylic acids is 1. The van der Waals surface area contributed by atoms with Gasteiger partial charge in [-0.15, -0.1) is 5.23 Å². The van der Waals surface area contributed by atoms with Gasteiger partial charge in [0.15, 0.2) is 0 Å². The van der Waals surface area contributed by atoms with Gasteiger partial charge >= 0.3 is 0 Å². The van der Waals surface area contributed by atoms with Crippen LogP contribution in [0.15, 0.2) is 24.3 Å². The van der Waals surface area contributed by atoms with Gasteiger partial charge in [0.25, 0.3) is 0 Å². The van der Waals surface area contributed by atoms with Gasteiger partial charge in [-0.05, 0) is 29.8 Å². The van der Waals surface area contributed by atoms with Gasteiger partial charge < -0.3 is 9.90 Å². The quantitative estimate of drug-likeness (QED) is 0.587. The van der Waals surface area contributed by atoms with Gasteiger partial charge in [0, 0.05) is 5.02 Å². The minimum absolute atomic E-state index is 0.0670. The first kappa shape index (κ1) is 11.5. The van der Waals surface area contributed by atoms with Crippen molar-refractivity contribution in [3.05, 3.63) is 34.9 Å². The molecule has 15 heavy (non-hydrogen) atoms. The number of benzene rings is 1. The SMILES string of the molecule is O=C([O-])C=Cc1cc(N(O)O)ccc1Cl. The van der Waals surface area contributed by atoms with E-state index >= 15 is 0 Å². The lowest BCUT2D eigenvalue weighted by Gasteiger charge is -2.09. The van der Waals surface area contributed by atoms with Crippen molar-refractivity contribution in [3.63, 3.8) is 0 Å². The van der Waals surface area contributed by atoms with Crippen LogP contribution in [0.2, 0.25) is 5.02 Å². The molecule has 6 heteroatoms. The highest BCUT2D eigenvalue weighted by atomic mass is 35.5. The molecule has 0 spiro atoms. The number of carboxylic acids is 1. The van der Waals surface area contributed by atoms with Crippen LogP contribution in [0.25, 0.3) is 6.08 Å². The predicted molar refractivity (Wildman–Crippen MR) is 51.5 cm³/mol. The van der Waals surface area contributed by atoms with E-state index in [-0.39, 0.29) is 15.9 Å². The lowest BCUT2D eigenvalue weighted by atomic mass is 10.2. The fourth-order valence-corrected chi connectivity index (χ4v) is 1.12. The maximum Gasteiger partial charge on any atom is 0.0949 e. The van der Waals surface area contributed by atoms with Crippen molar-refractivity contribution in [2.45, 2.75) is 0 Å². The van der Waals surface area contributed by atoms with Gasteiger partial charge in [-0.25, -0.2) is 0 Å². The largest absolute Gasteiger partial charge is 0.545 e. The molecule has 0 atom stereocenters. The molecule has 0 unspecified atom stereocenters. The lowest BCUT2D eigenvalue weighted by Crippen LogP contribution is -2.18. The van der Waals surface area contributed by atoms with Crippen molar-refractivity contribution in [1.82, 2.24) is 0 Å². The van der Waals surface area contributed by atoms with Gasteiger partial charge in [0.2, 0.25) is 0 Å². The van der Waals surface area contributed by atoms with E-state index in [0.29, 0.717) is 5.56 Å². The van der Waals surface area contributed by atoms with Crippen LogP contribution in [0.4, 0.5) is 5.69 Å². The fraction of sp³-hybridized carbons (Fsp3) is 0. The maximum absolute atomic E-state index is 10.2. The first-order chi connectivity index (χ1) is 7.00. The molecule has 0 heterocycles. The van der Waals surface area contributed by atoms with Gasteiger partial charge in [-0.3, -0.25) is 10.4 Å². The number of carbonyl (C=O) groups excluding carboxylic acids is 1. The molecule has 0 saturated heterocycles. The van der Waals surface area contributed by atoms with Crippen LogP contribution < -0.4 is 10.3 Å². The molecule has 0 aliphatic carbocycles. The normalized spacial score (nSPS) is 10.6. The van der Waals surface area contributed by atoms with E-state index in [2.05, 4.69) is 0 Å². The van der Waals surface area contributed by atoms with E-state index in [1.165, 1.54) is 24.3 Å². The third-order valence-electron chi connectivity index (χ3n) is 1.61. The minimum atomic E-state index is -1.36. The average molecular weight is 229 g/mol. The Morgan fingerprint density at radius 3 is 2.67 bits per heavy atom. The number of carboxylic acid groups (broad SMARTS) is 1. The topological polar surface area (TPSA) is 83.8 Å². The Morgan fingerprint density at radius 1 is 1.47 bits per heavy atom. The van der Waals surface area contributed by atoms with Gasteiger partial charge in [0.05, 0.1) is 11.7 Å². The summed E-state index contributed by atoms with van der Waals surface area (Å²) in [7, 11) is 0. The van der Waals surface area contributed by atoms with E-state index in [1.54, 1.807) is 0 Å². The second kappa shape index (κ2) is 4.79. The molecule has 0 aromatic heterocycles. The Bertz CT molecular complexity index is 403. The summed E-state index contributed by atoms with van der Waals surface area (Å²) < 4.78 is 0. The Morgan fingerprint density at radius 2 is 2.13 bits per heavy atom. The summed E-state index contributed by atoms with van der Waals surface area (Å²) >= 11 is 5.74. The molecule has 0 bridgehead atoms. The molecule has 0 saturated carbocycles. The minimum Gasteiger partial charge on any atom is -0.545 e. The number of carbonyl (C=O) groups is 1. The lowest BCUT2D eigenvalue weighted by molar-refractivity contribution is -0.297. The number of halogens is 1. The third-order valence-corrected chi connectivity index (χ3v) is 1.95. The van der Waals surface area contributed by atoms with Crippen LogP contribution in [0, 0.1) is 0 Å². The van der Waals surface area contributed by atoms with Gasteiger partial charge in [-0.2, -0.15) is 0 Å². The van der Waals surface area contributed by atoms with Gasteiger partial charge in [0.1, 0.15) is 0 Å². The smallest absolute Gasteiger partial charge is 0.0949 e. The first-order valence-electron chi connectivity index (χ1n) is 3.87. The zero-order valence-electron chi connectivity index (χ0n) is 7.42. The molecule has 1 aromatic rings. The van der Waals surface area contributed by atoms with Crippen molar-refractivity contribution in [2.75, 3.05) is 5.23 Å². The monoisotopic (exact) mass is 228 g/mol. The number of nitrogens with zero attached hydrogens (tertiary/aromatic N) is 1. The molecular weight excluding hydrogens is 222 g/mol. The molecule has 0 aliphatic rings. The number of hydrogen-bond donors (Lipinski definition) is 2. The molecule has 1 aromatic carbocycles. The van der Waals surface area contributed by atoms with Crippen molar-refractivity contribution in [1.29, 1.82) is 0 Å². The number of rotatable bonds is 3. The molecule has 0 radical (unpaired) electrons. The summed E-state index contributed by atoms with van der Waals surface area (Å²) in [5.41, 5.74) is 0.406. The summed E-state index contributed by atoms with van der Waals surface area (Å²) in [5, 5.41) is 27.8. The summed E-state index contributed by atoms with van der Waals surface area (Å²) in [6.07, 6.45) is 1.99. The summed E-state index contributed by atoms with van der Waals surface area (Å²) in [6.45, 7) is 0. The molecule has 1 rings (SSSR count). The van der Waals surface area contributed by atoms with Crippen LogP contribution in [0.5, 0.6) is 0 Å². The molecular formula is C9H7ClNO4-. The molecule has 80 valence electrons. The van der Waals surface area contributed by atoms with Crippen molar-refractivity contribution >= 4 is 29.3 Å². The zero-order valence-corrected chi connectivity index (χ0v) is 8.18. The Labute approximate surface area is 90.4 Å². The predicted octanol–water partition coefficient (Wildman–Crippen LogP) is 0.688. The third kappa shape index (κ3) is 3.25. The van der Waals surface area contributed by atoms with Crippen LogP contribution >= 0.6 is 11.6 Å². The van der Waals surface area contributed by atoms with Crippen LogP contribution in [0.1, 0.15) is 5.56 Å². The Kier molecular flexibility index (Phi) is 3.68. The first-order valence-corrected chi connectivity index (χ1v) is 4.25. The average Bonchev–Trinajstić information content (AvgIpc) is 2.16. The summed E-state index contributed by atoms with van der Waals surface area (Å²) in [5.74, 6) is -1.36. The Balaban J connectivity index is 3.05. The van der Waals surface area contributed by atoms with Gasteiger partial charge in [-0.1, -0.05) is 17.7 Å². The van der Waals surface area contributed by atoms with Crippen molar-refractivity contribution < 1.29 is 20.3 Å². The maximum atomic E-state index is 10.2. The second-order valence-corrected chi connectivity index (χ2v) is 3.05. The summed E-state index contributed by atoms with van der Waals surface area (Å²) in [6, 6.07) is 4.08. The van der Waals surface area contributed by atoms with E-state index < -0.39 is 5.97 Å². The zero-order chi connectivity index (χ0) is 11.4. The summed E-state index contributed by atoms with van der Waals surface area (Å²) in [4.78, 5) is 10.2. The highest BCUT2D eigenvalue weighted by Gasteiger charge is 2.02. The molecule has 0 amide bonds. The Hall–Kier alpha value is -1.56.